The fourth-order valence-electron chi connectivity index (χ4n) is 3.73. The van der Waals surface area contributed by atoms with Gasteiger partial charge in [0.1, 0.15) is 17.3 Å². The lowest BCUT2D eigenvalue weighted by atomic mass is 9.83. The Bertz CT molecular complexity index is 1170. The van der Waals surface area contributed by atoms with Crippen molar-refractivity contribution in [1.29, 1.82) is 0 Å². The number of ether oxygens (including phenoxy) is 1. The quantitative estimate of drug-likeness (QED) is 0.332. The predicted molar refractivity (Wildman–Crippen MR) is 147 cm³/mol. The molecule has 2 heterocycles. The molecule has 0 unspecified atom stereocenters. The van der Waals surface area contributed by atoms with Crippen molar-refractivity contribution >= 4 is 11.9 Å². The number of aliphatic hydroxyl groups excluding tert-OH is 1. The van der Waals surface area contributed by atoms with Crippen LogP contribution in [-0.2, 0) is 20.4 Å². The zero-order valence-electron chi connectivity index (χ0n) is 24.1. The highest BCUT2D eigenvalue weighted by atomic mass is 16.5. The Morgan fingerprint density at radius 2 is 1.17 bits per heavy atom. The molecule has 0 spiro atoms. The number of hydrogen-bond donors (Lipinski definition) is 1. The molecule has 1 aliphatic carbocycles. The maximum Gasteiger partial charge on any atom is 0.335 e. The van der Waals surface area contributed by atoms with Gasteiger partial charge in [-0.05, 0) is 77.0 Å². The third-order valence-electron chi connectivity index (χ3n) is 6.21. The predicted octanol–water partition coefficient (Wildman–Crippen LogP) is 8.75. The molecule has 1 N–H and O–H groups in total. The Hall–Kier alpha value is -2.88. The number of carbonyl (C=O) groups excluding carboxylic acids is 1. The van der Waals surface area contributed by atoms with E-state index in [2.05, 4.69) is 83.1 Å². The van der Waals surface area contributed by atoms with Crippen molar-refractivity contribution in [3.63, 3.8) is 0 Å². The van der Waals surface area contributed by atoms with Crippen LogP contribution in [0.3, 0.4) is 0 Å². The van der Waals surface area contributed by atoms with Gasteiger partial charge >= 0.3 is 11.5 Å². The number of aliphatic hydroxyl groups is 1. The summed E-state index contributed by atoms with van der Waals surface area (Å²) in [6.45, 7) is 25.1. The number of Topliss-reactive ketones (excluding diaryl/α,β-unsaturated/α-hetero) is 1. The van der Waals surface area contributed by atoms with Crippen LogP contribution < -0.4 is 0 Å². The Labute approximate surface area is 217 Å². The highest BCUT2D eigenvalue weighted by Gasteiger charge is 2.36. The van der Waals surface area contributed by atoms with Gasteiger partial charge in [0.05, 0.1) is 22.0 Å². The molecule has 2 aliphatic rings. The van der Waals surface area contributed by atoms with Crippen LogP contribution in [0.5, 0.6) is 0 Å². The zero-order chi connectivity index (χ0) is 27.4. The van der Waals surface area contributed by atoms with E-state index in [1.165, 1.54) is 0 Å². The summed E-state index contributed by atoms with van der Waals surface area (Å²) in [7, 11) is 0. The van der Waals surface area contributed by atoms with Gasteiger partial charge < -0.3 is 9.84 Å². The van der Waals surface area contributed by atoms with Crippen molar-refractivity contribution in [3.8, 4) is 0 Å². The lowest BCUT2D eigenvalue weighted by molar-refractivity contribution is -0.113. The van der Waals surface area contributed by atoms with Gasteiger partial charge in [0.15, 0.2) is 0 Å². The summed E-state index contributed by atoms with van der Waals surface area (Å²) in [5.41, 5.74) is 1.55. The van der Waals surface area contributed by atoms with Crippen molar-refractivity contribution in [3.05, 3.63) is 81.4 Å². The molecule has 0 amide bonds. The van der Waals surface area contributed by atoms with E-state index in [0.717, 1.165) is 34.2 Å². The van der Waals surface area contributed by atoms with Crippen LogP contribution >= 0.6 is 0 Å². The second-order valence-electron chi connectivity index (χ2n) is 14.0. The van der Waals surface area contributed by atoms with E-state index in [1.807, 2.05) is 24.3 Å². The maximum absolute atomic E-state index is 13.1. The molecule has 1 aliphatic heterocycles. The molecule has 36 heavy (non-hydrogen) atoms. The van der Waals surface area contributed by atoms with Gasteiger partial charge in [0.2, 0.25) is 5.78 Å². The summed E-state index contributed by atoms with van der Waals surface area (Å²) in [6, 6.07) is 3.91. The molecule has 194 valence electrons. The second-order valence-corrected chi connectivity index (χ2v) is 14.0. The standard InChI is InChI=1S/C32H42O4/c1-29(2,3)23-15-19(16-24(35-23)30(4,5)6)13-21-27(33)22(28(21)34)14-20-17-25(31(7,8)9)36-26(18-20)32(10,11)12/h13-18H,1-12H3/p+1. The molecule has 3 rings (SSSR count). The fourth-order valence-corrected chi connectivity index (χ4v) is 3.73. The molecular weight excluding hydrogens is 448 g/mol. The van der Waals surface area contributed by atoms with Gasteiger partial charge in [-0.15, -0.1) is 0 Å². The molecule has 0 saturated carbocycles. The van der Waals surface area contributed by atoms with Gasteiger partial charge in [-0.2, -0.15) is 0 Å². The summed E-state index contributed by atoms with van der Waals surface area (Å²) >= 11 is 0. The summed E-state index contributed by atoms with van der Waals surface area (Å²) in [4.78, 5) is 13.1. The first-order valence-corrected chi connectivity index (χ1v) is 12.7. The van der Waals surface area contributed by atoms with E-state index in [9.17, 15) is 9.90 Å². The van der Waals surface area contributed by atoms with E-state index >= 15 is 0 Å². The molecule has 0 aromatic carbocycles. The van der Waals surface area contributed by atoms with Gasteiger partial charge in [-0.3, -0.25) is 4.79 Å². The SMILES string of the molecule is CC(C)(C)C1=CC(=CC2=C(O)C(=Cc3cc(C(C)(C)C)[o+]c(C(C)(C)C)c3)C2=O)C=C(C(C)(C)C)O1. The fraction of sp³-hybridized carbons (Fsp3) is 0.500. The molecule has 4 heteroatoms. The van der Waals surface area contributed by atoms with Gasteiger partial charge in [0, 0.05) is 23.0 Å². The molecule has 0 fully saturated rings. The minimum absolute atomic E-state index is 0.0193. The summed E-state index contributed by atoms with van der Waals surface area (Å²) < 4.78 is 12.4. The summed E-state index contributed by atoms with van der Waals surface area (Å²) in [5.74, 6) is 3.19. The highest BCUT2D eigenvalue weighted by Crippen LogP contribution is 2.40. The van der Waals surface area contributed by atoms with E-state index in [4.69, 9.17) is 9.15 Å². The largest absolute Gasteiger partial charge is 0.506 e. The molecule has 1 aromatic heterocycles. The minimum Gasteiger partial charge on any atom is -0.506 e. The van der Waals surface area contributed by atoms with Crippen molar-refractivity contribution in [1.82, 2.24) is 0 Å². The van der Waals surface area contributed by atoms with E-state index in [1.54, 1.807) is 12.2 Å². The van der Waals surface area contributed by atoms with Crippen LogP contribution in [0.1, 0.15) is 100 Å². The van der Waals surface area contributed by atoms with Crippen molar-refractivity contribution in [2.24, 2.45) is 10.8 Å². The Morgan fingerprint density at radius 1 is 0.722 bits per heavy atom. The Balaban J connectivity index is 2.07. The van der Waals surface area contributed by atoms with Crippen LogP contribution in [0.4, 0.5) is 0 Å². The Kier molecular flexibility index (Phi) is 6.85. The first-order valence-electron chi connectivity index (χ1n) is 12.7. The zero-order valence-corrected chi connectivity index (χ0v) is 24.1. The molecule has 4 nitrogen and oxygen atoms in total. The van der Waals surface area contributed by atoms with Gasteiger partial charge in [-0.25, -0.2) is 4.42 Å². The number of allylic oxidation sites excluding steroid dienone is 8. The normalized spacial score (nSPS) is 18.6. The van der Waals surface area contributed by atoms with E-state index in [0.29, 0.717) is 11.1 Å². The first kappa shape index (κ1) is 27.7. The van der Waals surface area contributed by atoms with E-state index in [-0.39, 0.29) is 33.2 Å². The van der Waals surface area contributed by atoms with Crippen molar-refractivity contribution < 1.29 is 19.1 Å². The Morgan fingerprint density at radius 3 is 1.53 bits per heavy atom. The number of hydrogen-bond acceptors (Lipinski definition) is 3. The summed E-state index contributed by atoms with van der Waals surface area (Å²) in [5, 5.41) is 10.9. The number of ketones is 1. The molecule has 0 saturated heterocycles. The third kappa shape index (κ3) is 5.91. The molecule has 0 radical (unpaired) electrons. The molecule has 0 bridgehead atoms. The highest BCUT2D eigenvalue weighted by molar-refractivity contribution is 6.23. The van der Waals surface area contributed by atoms with Crippen molar-refractivity contribution in [2.75, 3.05) is 0 Å². The van der Waals surface area contributed by atoms with E-state index < -0.39 is 0 Å². The minimum atomic E-state index is -0.192. The van der Waals surface area contributed by atoms with Crippen LogP contribution in [0.15, 0.2) is 68.8 Å². The topological polar surface area (TPSA) is 57.8 Å². The van der Waals surface area contributed by atoms with Crippen molar-refractivity contribution in [2.45, 2.75) is 93.9 Å². The first-order chi connectivity index (χ1) is 16.2. The molecular formula is C32H43O4+. The third-order valence-corrected chi connectivity index (χ3v) is 6.21. The van der Waals surface area contributed by atoms with Crippen LogP contribution in [0.25, 0.3) is 6.08 Å². The van der Waals surface area contributed by atoms with Crippen LogP contribution in [0.2, 0.25) is 0 Å². The maximum atomic E-state index is 13.1. The molecule has 1 aromatic rings. The monoisotopic (exact) mass is 491 g/mol. The van der Waals surface area contributed by atoms with Crippen LogP contribution in [0, 0.1) is 10.8 Å². The average molecular weight is 492 g/mol. The van der Waals surface area contributed by atoms with Crippen LogP contribution in [-0.4, -0.2) is 10.9 Å². The number of carbonyl (C=O) groups is 1. The van der Waals surface area contributed by atoms with Gasteiger partial charge in [-0.1, -0.05) is 41.5 Å². The average Bonchev–Trinajstić information content (AvgIpc) is 2.72. The summed E-state index contributed by atoms with van der Waals surface area (Å²) in [6.07, 6.45) is 7.43. The van der Waals surface area contributed by atoms with Gasteiger partial charge in [0.25, 0.3) is 0 Å². The smallest absolute Gasteiger partial charge is 0.335 e. The molecule has 0 atom stereocenters. The lowest BCUT2D eigenvalue weighted by Gasteiger charge is -2.33. The second kappa shape index (κ2) is 8.90. The number of rotatable bonds is 2. The lowest BCUT2D eigenvalue weighted by Crippen LogP contribution is -2.23.